The molecular weight excluding hydrogens is 192 g/mol. The molecule has 0 aliphatic heterocycles. The van der Waals surface area contributed by atoms with Gasteiger partial charge in [-0.15, -0.1) is 0 Å². The van der Waals surface area contributed by atoms with Crippen molar-refractivity contribution < 1.29 is 4.79 Å². The van der Waals surface area contributed by atoms with E-state index in [-0.39, 0.29) is 4.83 Å². The Kier molecular flexibility index (Phi) is 2.90. The van der Waals surface area contributed by atoms with E-state index in [0.717, 1.165) is 6.42 Å². The summed E-state index contributed by atoms with van der Waals surface area (Å²) in [5.41, 5.74) is 0. The number of rotatable bonds is 3. The lowest BCUT2D eigenvalue weighted by Gasteiger charge is -2.30. The summed E-state index contributed by atoms with van der Waals surface area (Å²) in [4.78, 5) is 11.0. The van der Waals surface area contributed by atoms with Crippen LogP contribution in [0.15, 0.2) is 0 Å². The molecule has 58 valence electrons. The maximum Gasteiger partial charge on any atom is 0.147 e. The molecule has 2 atom stereocenters. The fraction of sp³-hybridized carbons (Fsp3) is 0.875. The summed E-state index contributed by atoms with van der Waals surface area (Å²) in [5, 5.41) is 0. The number of Topliss-reactive ketones (excluding diaryl/α,β-unsaturated/α-hetero) is 1. The highest BCUT2D eigenvalue weighted by molar-refractivity contribution is 9.10. The van der Waals surface area contributed by atoms with E-state index in [2.05, 4.69) is 22.9 Å². The van der Waals surface area contributed by atoms with Crippen molar-refractivity contribution in [3.05, 3.63) is 0 Å². The Morgan fingerprint density at radius 2 is 2.40 bits per heavy atom. The first-order chi connectivity index (χ1) is 4.75. The van der Waals surface area contributed by atoms with Crippen molar-refractivity contribution >= 4 is 21.7 Å². The molecule has 0 radical (unpaired) electrons. The summed E-state index contributed by atoms with van der Waals surface area (Å²) in [5.74, 6) is 1.04. The molecule has 1 aliphatic carbocycles. The van der Waals surface area contributed by atoms with Gasteiger partial charge in [0.15, 0.2) is 0 Å². The Hall–Kier alpha value is 0.150. The number of hydrogen-bond donors (Lipinski definition) is 0. The van der Waals surface area contributed by atoms with E-state index in [1.165, 1.54) is 19.3 Å². The number of ketones is 1. The van der Waals surface area contributed by atoms with E-state index in [4.69, 9.17) is 0 Å². The number of unbranched alkanes of at least 4 members (excludes halogenated alkanes) is 1. The van der Waals surface area contributed by atoms with Crippen LogP contribution in [-0.4, -0.2) is 10.6 Å². The van der Waals surface area contributed by atoms with Crippen LogP contribution in [-0.2, 0) is 4.79 Å². The van der Waals surface area contributed by atoms with Crippen molar-refractivity contribution in [3.8, 4) is 0 Å². The average molecular weight is 205 g/mol. The Bertz CT molecular complexity index is 133. The largest absolute Gasteiger partial charge is 0.298 e. The fourth-order valence-corrected chi connectivity index (χ4v) is 1.93. The molecule has 1 fully saturated rings. The van der Waals surface area contributed by atoms with Gasteiger partial charge in [-0.2, -0.15) is 0 Å². The molecule has 1 saturated carbocycles. The number of halogens is 1. The summed E-state index contributed by atoms with van der Waals surface area (Å²) in [6, 6.07) is 0. The van der Waals surface area contributed by atoms with E-state index < -0.39 is 0 Å². The van der Waals surface area contributed by atoms with Crippen LogP contribution in [0.3, 0.4) is 0 Å². The van der Waals surface area contributed by atoms with Gasteiger partial charge in [-0.05, 0) is 12.3 Å². The lowest BCUT2D eigenvalue weighted by molar-refractivity contribution is -0.125. The van der Waals surface area contributed by atoms with Gasteiger partial charge in [0.2, 0.25) is 0 Å². The van der Waals surface area contributed by atoms with Gasteiger partial charge in [0.05, 0.1) is 4.83 Å². The van der Waals surface area contributed by atoms with Gasteiger partial charge in [-0.1, -0.05) is 35.7 Å². The first-order valence-electron chi connectivity index (χ1n) is 3.92. The zero-order valence-electron chi connectivity index (χ0n) is 6.27. The smallest absolute Gasteiger partial charge is 0.147 e. The highest BCUT2D eigenvalue weighted by Crippen LogP contribution is 2.34. The minimum Gasteiger partial charge on any atom is -0.298 e. The van der Waals surface area contributed by atoms with Crippen LogP contribution in [0.4, 0.5) is 0 Å². The highest BCUT2D eigenvalue weighted by Gasteiger charge is 2.36. The zero-order valence-corrected chi connectivity index (χ0v) is 7.86. The Labute approximate surface area is 70.3 Å². The third kappa shape index (κ3) is 1.60. The molecule has 0 bridgehead atoms. The Morgan fingerprint density at radius 3 is 2.80 bits per heavy atom. The molecule has 2 unspecified atom stereocenters. The molecule has 1 nitrogen and oxygen atoms in total. The fourth-order valence-electron chi connectivity index (χ4n) is 1.29. The average Bonchev–Trinajstić information content (AvgIpc) is 1.97. The van der Waals surface area contributed by atoms with Crippen molar-refractivity contribution in [1.82, 2.24) is 0 Å². The molecule has 0 aromatic carbocycles. The van der Waals surface area contributed by atoms with E-state index in [0.29, 0.717) is 11.7 Å². The van der Waals surface area contributed by atoms with E-state index >= 15 is 0 Å². The second-order valence-corrected chi connectivity index (χ2v) is 3.96. The minimum atomic E-state index is 0.194. The second kappa shape index (κ2) is 3.51. The van der Waals surface area contributed by atoms with Gasteiger partial charge in [-0.3, -0.25) is 4.79 Å². The topological polar surface area (TPSA) is 17.1 Å². The quantitative estimate of drug-likeness (QED) is 0.647. The first-order valence-corrected chi connectivity index (χ1v) is 4.84. The zero-order chi connectivity index (χ0) is 7.56. The molecule has 2 heteroatoms. The summed E-state index contributed by atoms with van der Waals surface area (Å²) < 4.78 is 0. The second-order valence-electron chi connectivity index (χ2n) is 2.97. The van der Waals surface area contributed by atoms with Crippen LogP contribution in [0.2, 0.25) is 0 Å². The molecule has 10 heavy (non-hydrogen) atoms. The van der Waals surface area contributed by atoms with Crippen molar-refractivity contribution in [1.29, 1.82) is 0 Å². The van der Waals surface area contributed by atoms with Crippen molar-refractivity contribution in [3.63, 3.8) is 0 Å². The molecule has 0 saturated heterocycles. The molecule has 0 aromatic heterocycles. The van der Waals surface area contributed by atoms with Crippen LogP contribution in [0.1, 0.15) is 32.6 Å². The van der Waals surface area contributed by atoms with Gasteiger partial charge in [0, 0.05) is 6.42 Å². The molecule has 1 aliphatic rings. The van der Waals surface area contributed by atoms with Gasteiger partial charge in [-0.25, -0.2) is 0 Å². The maximum absolute atomic E-state index is 10.8. The Balaban J connectivity index is 2.14. The van der Waals surface area contributed by atoms with Gasteiger partial charge in [0.25, 0.3) is 0 Å². The SMILES string of the molecule is CCCCC1CC(=O)C1Br. The van der Waals surface area contributed by atoms with E-state index in [1.54, 1.807) is 0 Å². The molecule has 0 N–H and O–H groups in total. The van der Waals surface area contributed by atoms with Crippen LogP contribution < -0.4 is 0 Å². The maximum atomic E-state index is 10.8. The first kappa shape index (κ1) is 8.25. The van der Waals surface area contributed by atoms with Crippen LogP contribution >= 0.6 is 15.9 Å². The molecule has 1 rings (SSSR count). The third-order valence-corrected chi connectivity index (χ3v) is 3.37. The third-order valence-electron chi connectivity index (χ3n) is 2.11. The van der Waals surface area contributed by atoms with E-state index in [9.17, 15) is 4.79 Å². The summed E-state index contributed by atoms with van der Waals surface area (Å²) in [6.45, 7) is 2.18. The number of carbonyl (C=O) groups excluding carboxylic acids is 1. The van der Waals surface area contributed by atoms with Gasteiger partial charge >= 0.3 is 0 Å². The molecule has 0 aromatic rings. The van der Waals surface area contributed by atoms with Crippen LogP contribution in [0.25, 0.3) is 0 Å². The van der Waals surface area contributed by atoms with Gasteiger partial charge < -0.3 is 0 Å². The van der Waals surface area contributed by atoms with Crippen molar-refractivity contribution in [2.24, 2.45) is 5.92 Å². The standard InChI is InChI=1S/C8H13BrO/c1-2-3-4-6-5-7(10)8(6)9/h6,8H,2-5H2,1H3. The Morgan fingerprint density at radius 1 is 1.70 bits per heavy atom. The summed E-state index contributed by atoms with van der Waals surface area (Å²) in [6.07, 6.45) is 4.54. The molecule has 0 spiro atoms. The summed E-state index contributed by atoms with van der Waals surface area (Å²) >= 11 is 3.37. The summed E-state index contributed by atoms with van der Waals surface area (Å²) in [7, 11) is 0. The molecular formula is C8H13BrO. The minimum absolute atomic E-state index is 0.194. The number of hydrogen-bond acceptors (Lipinski definition) is 1. The predicted octanol–water partition coefficient (Wildman–Crippen LogP) is 2.53. The normalized spacial score (nSPS) is 32.0. The highest BCUT2D eigenvalue weighted by atomic mass is 79.9. The van der Waals surface area contributed by atoms with Crippen LogP contribution in [0, 0.1) is 5.92 Å². The van der Waals surface area contributed by atoms with Crippen molar-refractivity contribution in [2.45, 2.75) is 37.4 Å². The van der Waals surface area contributed by atoms with Gasteiger partial charge in [0.1, 0.15) is 5.78 Å². The number of alkyl halides is 1. The lowest BCUT2D eigenvalue weighted by Crippen LogP contribution is -2.37. The van der Waals surface area contributed by atoms with E-state index in [1.807, 2.05) is 0 Å². The molecule has 0 heterocycles. The monoisotopic (exact) mass is 204 g/mol. The number of carbonyl (C=O) groups is 1. The predicted molar refractivity (Wildman–Crippen MR) is 45.4 cm³/mol. The van der Waals surface area contributed by atoms with Crippen molar-refractivity contribution in [2.75, 3.05) is 0 Å². The molecule has 0 amide bonds. The van der Waals surface area contributed by atoms with Crippen LogP contribution in [0.5, 0.6) is 0 Å². The lowest BCUT2D eigenvalue weighted by atomic mass is 9.80.